The molecule has 1 aromatic heterocycles. The minimum Gasteiger partial charge on any atom is -0.506 e. The number of aryl methyl sites for hydroxylation is 1. The molecule has 8 nitrogen and oxygen atoms in total. The van der Waals surface area contributed by atoms with Crippen LogP contribution in [0.1, 0.15) is 22.9 Å². The van der Waals surface area contributed by atoms with E-state index in [1.165, 1.54) is 6.92 Å². The van der Waals surface area contributed by atoms with Gasteiger partial charge in [-0.1, -0.05) is 0 Å². The molecule has 0 amide bonds. The van der Waals surface area contributed by atoms with E-state index in [4.69, 9.17) is 15.3 Å². The zero-order chi connectivity index (χ0) is 15.3. The van der Waals surface area contributed by atoms with Gasteiger partial charge in [0, 0.05) is 22.9 Å². The molecule has 1 aliphatic rings. The first kappa shape index (κ1) is 15.6. The minimum atomic E-state index is -3.92. The molecular formula is C10H15NO7S2. The van der Waals surface area contributed by atoms with E-state index < -0.39 is 33.8 Å². The number of aliphatic hydroxyl groups is 4. The smallest absolute Gasteiger partial charge is 0.288 e. The van der Waals surface area contributed by atoms with Crippen LogP contribution in [0.2, 0.25) is 0 Å². The highest BCUT2D eigenvalue weighted by Crippen LogP contribution is 2.47. The summed E-state index contributed by atoms with van der Waals surface area (Å²) in [6.07, 6.45) is -0.269. The summed E-state index contributed by atoms with van der Waals surface area (Å²) in [6, 6.07) is -0.820. The van der Waals surface area contributed by atoms with Crippen LogP contribution in [0.15, 0.2) is 4.21 Å². The largest absolute Gasteiger partial charge is 0.506 e. The molecule has 6 N–H and O–H groups in total. The zero-order valence-electron chi connectivity index (χ0n) is 10.4. The number of aliphatic hydroxyl groups excluding tert-OH is 1. The number of aromatic hydroxyl groups is 1. The lowest BCUT2D eigenvalue weighted by atomic mass is 10.1. The molecule has 0 saturated carbocycles. The first-order chi connectivity index (χ1) is 9.04. The van der Waals surface area contributed by atoms with Gasteiger partial charge in [-0.15, -0.1) is 11.3 Å². The Hall–Kier alpha value is -0.750. The number of thiophene rings is 1. The van der Waals surface area contributed by atoms with E-state index in [-0.39, 0.29) is 21.9 Å². The Morgan fingerprint density at radius 1 is 1.40 bits per heavy atom. The first-order valence-electron chi connectivity index (χ1n) is 5.68. The van der Waals surface area contributed by atoms with E-state index in [1.807, 2.05) is 0 Å². The fourth-order valence-corrected chi connectivity index (χ4v) is 5.31. The van der Waals surface area contributed by atoms with Gasteiger partial charge in [0.25, 0.3) is 5.97 Å². The van der Waals surface area contributed by atoms with Gasteiger partial charge in [0.05, 0.1) is 6.54 Å². The predicted molar refractivity (Wildman–Crippen MR) is 68.7 cm³/mol. The van der Waals surface area contributed by atoms with Gasteiger partial charge >= 0.3 is 0 Å². The molecule has 2 heterocycles. The standard InChI is InChI=1S/C10H15NO7S2/c1-4-8(13)7-5(11-3-10(14,15)16)2-6(12)20(17,18)9(7)19-4/h5-6,11-16H,2-3H2,1H3. The molecule has 20 heavy (non-hydrogen) atoms. The summed E-state index contributed by atoms with van der Waals surface area (Å²) in [7, 11) is -3.92. The molecule has 0 spiro atoms. The number of fused-ring (bicyclic) bond motifs is 1. The van der Waals surface area contributed by atoms with Gasteiger partial charge in [0.2, 0.25) is 9.84 Å². The second-order valence-electron chi connectivity index (χ2n) is 4.65. The van der Waals surface area contributed by atoms with E-state index in [0.29, 0.717) is 4.88 Å². The monoisotopic (exact) mass is 325 g/mol. The van der Waals surface area contributed by atoms with Gasteiger partial charge in [-0.3, -0.25) is 0 Å². The van der Waals surface area contributed by atoms with Gasteiger partial charge in [0.1, 0.15) is 9.96 Å². The Labute approximate surface area is 118 Å². The average molecular weight is 325 g/mol. The molecule has 0 aliphatic carbocycles. The van der Waals surface area contributed by atoms with Crippen molar-refractivity contribution in [2.75, 3.05) is 6.54 Å². The highest BCUT2D eigenvalue weighted by molar-refractivity contribution is 7.94. The van der Waals surface area contributed by atoms with Crippen LogP contribution in [0.4, 0.5) is 0 Å². The molecule has 0 fully saturated rings. The lowest BCUT2D eigenvalue weighted by molar-refractivity contribution is -0.307. The van der Waals surface area contributed by atoms with Gasteiger partial charge < -0.3 is 30.8 Å². The normalized spacial score (nSPS) is 25.4. The minimum absolute atomic E-state index is 0.0852. The highest BCUT2D eigenvalue weighted by Gasteiger charge is 2.42. The van der Waals surface area contributed by atoms with Gasteiger partial charge in [0.15, 0.2) is 5.44 Å². The fraction of sp³-hybridized carbons (Fsp3) is 0.600. The number of sulfone groups is 1. The Morgan fingerprint density at radius 3 is 2.55 bits per heavy atom. The van der Waals surface area contributed by atoms with Crippen LogP contribution in [0, 0.1) is 6.92 Å². The lowest BCUT2D eigenvalue weighted by Gasteiger charge is -2.28. The van der Waals surface area contributed by atoms with Crippen molar-refractivity contribution in [2.45, 2.75) is 35.0 Å². The van der Waals surface area contributed by atoms with Crippen LogP contribution in [-0.4, -0.2) is 51.9 Å². The maximum absolute atomic E-state index is 12.0. The van der Waals surface area contributed by atoms with Crippen molar-refractivity contribution in [3.63, 3.8) is 0 Å². The molecule has 2 unspecified atom stereocenters. The van der Waals surface area contributed by atoms with Crippen molar-refractivity contribution in [1.29, 1.82) is 0 Å². The first-order valence-corrected chi connectivity index (χ1v) is 8.05. The van der Waals surface area contributed by atoms with Crippen LogP contribution in [0.5, 0.6) is 5.75 Å². The zero-order valence-corrected chi connectivity index (χ0v) is 12.1. The van der Waals surface area contributed by atoms with Crippen molar-refractivity contribution in [3.8, 4) is 5.75 Å². The van der Waals surface area contributed by atoms with Crippen molar-refractivity contribution < 1.29 is 34.0 Å². The molecule has 1 aliphatic heterocycles. The van der Waals surface area contributed by atoms with E-state index in [2.05, 4.69) is 5.32 Å². The molecular weight excluding hydrogens is 310 g/mol. The molecule has 2 rings (SSSR count). The van der Waals surface area contributed by atoms with Crippen molar-refractivity contribution >= 4 is 21.2 Å². The molecule has 2 atom stereocenters. The second-order valence-corrected chi connectivity index (χ2v) is 8.18. The van der Waals surface area contributed by atoms with Crippen LogP contribution in [-0.2, 0) is 9.84 Å². The molecule has 1 aromatic rings. The Balaban J connectivity index is 2.43. The molecule has 10 heteroatoms. The van der Waals surface area contributed by atoms with Crippen LogP contribution >= 0.6 is 11.3 Å². The van der Waals surface area contributed by atoms with Crippen LogP contribution < -0.4 is 5.32 Å². The summed E-state index contributed by atoms with van der Waals surface area (Å²) in [4.78, 5) is 0.378. The fourth-order valence-electron chi connectivity index (χ4n) is 2.06. The average Bonchev–Trinajstić information content (AvgIpc) is 2.60. The topological polar surface area (TPSA) is 147 Å². The summed E-state index contributed by atoms with van der Waals surface area (Å²) in [5, 5.41) is 48.7. The summed E-state index contributed by atoms with van der Waals surface area (Å²) in [5.41, 5.74) is -1.57. The SMILES string of the molecule is Cc1sc2c(c1O)C(NCC(O)(O)O)CC(O)S2(=O)=O. The van der Waals surface area contributed by atoms with Gasteiger partial charge in [-0.2, -0.15) is 0 Å². The predicted octanol–water partition coefficient (Wildman–Crippen LogP) is -1.48. The van der Waals surface area contributed by atoms with Crippen LogP contribution in [0.25, 0.3) is 0 Å². The molecule has 114 valence electrons. The number of hydrogen-bond acceptors (Lipinski definition) is 9. The van der Waals surface area contributed by atoms with Crippen molar-refractivity contribution in [3.05, 3.63) is 10.4 Å². The molecule has 0 aromatic carbocycles. The third kappa shape index (κ3) is 2.68. The number of nitrogens with one attached hydrogen (secondary N) is 1. The lowest BCUT2D eigenvalue weighted by Crippen LogP contribution is -2.44. The number of hydrogen-bond donors (Lipinski definition) is 6. The van der Waals surface area contributed by atoms with E-state index in [1.54, 1.807) is 0 Å². The number of rotatable bonds is 3. The highest BCUT2D eigenvalue weighted by atomic mass is 32.2. The van der Waals surface area contributed by atoms with E-state index in [0.717, 1.165) is 11.3 Å². The Bertz CT molecular complexity index is 616. The van der Waals surface area contributed by atoms with Crippen LogP contribution in [0.3, 0.4) is 0 Å². The Morgan fingerprint density at radius 2 is 2.00 bits per heavy atom. The summed E-state index contributed by atoms with van der Waals surface area (Å²) in [6.45, 7) is 0.865. The summed E-state index contributed by atoms with van der Waals surface area (Å²) < 4.78 is 23.8. The maximum atomic E-state index is 12.0. The summed E-state index contributed by atoms with van der Waals surface area (Å²) >= 11 is 0.839. The van der Waals surface area contributed by atoms with E-state index in [9.17, 15) is 18.6 Å². The van der Waals surface area contributed by atoms with Crippen molar-refractivity contribution in [2.24, 2.45) is 0 Å². The summed E-state index contributed by atoms with van der Waals surface area (Å²) in [5.74, 6) is -3.18. The van der Waals surface area contributed by atoms with Crippen molar-refractivity contribution in [1.82, 2.24) is 5.32 Å². The van der Waals surface area contributed by atoms with E-state index >= 15 is 0 Å². The maximum Gasteiger partial charge on any atom is 0.288 e. The Kier molecular flexibility index (Phi) is 3.84. The molecule has 0 saturated heterocycles. The second kappa shape index (κ2) is 4.91. The third-order valence-corrected chi connectivity index (χ3v) is 6.54. The quantitative estimate of drug-likeness (QED) is 0.369. The van der Waals surface area contributed by atoms with Gasteiger partial charge in [-0.05, 0) is 6.92 Å². The molecule has 0 bridgehead atoms. The third-order valence-electron chi connectivity index (χ3n) is 3.04. The molecule has 0 radical (unpaired) electrons. The van der Waals surface area contributed by atoms with Gasteiger partial charge in [-0.25, -0.2) is 8.42 Å².